The van der Waals surface area contributed by atoms with Crippen molar-refractivity contribution >= 4 is 17.7 Å². The molecule has 0 radical (unpaired) electrons. The molecular weight excluding hydrogens is 300 g/mol. The van der Waals surface area contributed by atoms with Crippen LogP contribution in [0.5, 0.6) is 0 Å². The normalized spacial score (nSPS) is 23.9. The molecule has 5 heteroatoms. The van der Waals surface area contributed by atoms with Crippen LogP contribution in [0.1, 0.15) is 31.2 Å². The molecule has 2 saturated heterocycles. The predicted octanol–water partition coefficient (Wildman–Crippen LogP) is 3.49. The van der Waals surface area contributed by atoms with E-state index in [2.05, 4.69) is 17.0 Å². The molecule has 4 nitrogen and oxygen atoms in total. The molecule has 0 spiro atoms. The molecule has 2 aliphatic heterocycles. The summed E-state index contributed by atoms with van der Waals surface area (Å²) in [4.78, 5) is 15.2. The summed E-state index contributed by atoms with van der Waals surface area (Å²) >= 11 is 5.95. The lowest BCUT2D eigenvalue weighted by molar-refractivity contribution is 0.0888. The van der Waals surface area contributed by atoms with E-state index in [-0.39, 0.29) is 0 Å². The van der Waals surface area contributed by atoms with Crippen LogP contribution in [-0.2, 0) is 6.42 Å². The van der Waals surface area contributed by atoms with E-state index in [0.717, 1.165) is 30.8 Å². The van der Waals surface area contributed by atoms with Gasteiger partial charge in [0.05, 0.1) is 0 Å². The molecule has 0 aromatic heterocycles. The van der Waals surface area contributed by atoms with Gasteiger partial charge in [-0.1, -0.05) is 23.7 Å². The standard InChI is InChI=1S/C17H23ClN2O2/c18-14-5-3-13(4-6-14)12-16-2-1-9-20(16)15-7-10-19(11-8-15)17(21)22/h3-6,15-16H,1-2,7-12H2,(H,21,22)/t16-/m1/s1. The largest absolute Gasteiger partial charge is 0.465 e. The summed E-state index contributed by atoms with van der Waals surface area (Å²) in [6.07, 6.45) is 4.69. The molecule has 1 amide bonds. The number of halogens is 1. The van der Waals surface area contributed by atoms with E-state index in [4.69, 9.17) is 16.7 Å². The smallest absolute Gasteiger partial charge is 0.407 e. The minimum Gasteiger partial charge on any atom is -0.465 e. The van der Waals surface area contributed by atoms with Crippen LogP contribution < -0.4 is 0 Å². The number of benzene rings is 1. The lowest BCUT2D eigenvalue weighted by atomic mass is 9.99. The fourth-order valence-electron chi connectivity index (χ4n) is 3.84. The zero-order valence-corrected chi connectivity index (χ0v) is 13.5. The van der Waals surface area contributed by atoms with Gasteiger partial charge < -0.3 is 10.0 Å². The minimum atomic E-state index is -0.780. The van der Waals surface area contributed by atoms with Crippen molar-refractivity contribution in [2.24, 2.45) is 0 Å². The SMILES string of the molecule is O=C(O)N1CCC(N2CCC[C@@H]2Cc2ccc(Cl)cc2)CC1. The molecule has 22 heavy (non-hydrogen) atoms. The van der Waals surface area contributed by atoms with E-state index in [1.807, 2.05) is 12.1 Å². The summed E-state index contributed by atoms with van der Waals surface area (Å²) in [6.45, 7) is 2.49. The molecule has 0 saturated carbocycles. The Kier molecular flexibility index (Phi) is 4.89. The fraction of sp³-hybridized carbons (Fsp3) is 0.588. The Morgan fingerprint density at radius 1 is 1.14 bits per heavy atom. The molecule has 0 bridgehead atoms. The molecular formula is C17H23ClN2O2. The van der Waals surface area contributed by atoms with Crippen molar-refractivity contribution in [3.63, 3.8) is 0 Å². The van der Waals surface area contributed by atoms with Crippen LogP contribution in [0.4, 0.5) is 4.79 Å². The number of carbonyl (C=O) groups is 1. The maximum absolute atomic E-state index is 11.0. The maximum atomic E-state index is 11.0. The fourth-order valence-corrected chi connectivity index (χ4v) is 3.97. The summed E-state index contributed by atoms with van der Waals surface area (Å²) in [5.41, 5.74) is 1.34. The first-order chi connectivity index (χ1) is 10.6. The highest BCUT2D eigenvalue weighted by Gasteiger charge is 2.33. The van der Waals surface area contributed by atoms with Gasteiger partial charge in [0.15, 0.2) is 0 Å². The van der Waals surface area contributed by atoms with Gasteiger partial charge in [-0.05, 0) is 56.3 Å². The summed E-state index contributed by atoms with van der Waals surface area (Å²) in [6, 6.07) is 9.28. The third kappa shape index (κ3) is 3.55. The average molecular weight is 323 g/mol. The highest BCUT2D eigenvalue weighted by Crippen LogP contribution is 2.28. The van der Waals surface area contributed by atoms with Gasteiger partial charge in [0.1, 0.15) is 0 Å². The van der Waals surface area contributed by atoms with Gasteiger partial charge in [0, 0.05) is 30.2 Å². The Morgan fingerprint density at radius 3 is 2.45 bits per heavy atom. The molecule has 1 atom stereocenters. The van der Waals surface area contributed by atoms with Gasteiger partial charge in [-0.3, -0.25) is 4.90 Å². The van der Waals surface area contributed by atoms with Crippen molar-refractivity contribution in [2.45, 2.75) is 44.2 Å². The number of likely N-dealkylation sites (tertiary alicyclic amines) is 2. The van der Waals surface area contributed by atoms with Gasteiger partial charge in [-0.25, -0.2) is 4.79 Å². The topological polar surface area (TPSA) is 43.8 Å². The van der Waals surface area contributed by atoms with Crippen LogP contribution in [0.2, 0.25) is 5.02 Å². The Balaban J connectivity index is 1.59. The van der Waals surface area contributed by atoms with E-state index in [1.165, 1.54) is 18.4 Å². The van der Waals surface area contributed by atoms with Crippen molar-refractivity contribution < 1.29 is 9.90 Å². The third-order valence-electron chi connectivity index (χ3n) is 5.01. The van der Waals surface area contributed by atoms with E-state index < -0.39 is 6.09 Å². The van der Waals surface area contributed by atoms with Crippen molar-refractivity contribution in [1.29, 1.82) is 0 Å². The molecule has 3 rings (SSSR count). The van der Waals surface area contributed by atoms with Crippen LogP contribution in [0.25, 0.3) is 0 Å². The number of amides is 1. The van der Waals surface area contributed by atoms with Crippen LogP contribution in [-0.4, -0.2) is 52.7 Å². The van der Waals surface area contributed by atoms with Gasteiger partial charge in [-0.2, -0.15) is 0 Å². The Morgan fingerprint density at radius 2 is 1.82 bits per heavy atom. The average Bonchev–Trinajstić information content (AvgIpc) is 2.98. The van der Waals surface area contributed by atoms with E-state index in [1.54, 1.807) is 4.90 Å². The van der Waals surface area contributed by atoms with Crippen molar-refractivity contribution in [3.8, 4) is 0 Å². The second-order valence-electron chi connectivity index (χ2n) is 6.37. The van der Waals surface area contributed by atoms with Crippen LogP contribution >= 0.6 is 11.6 Å². The van der Waals surface area contributed by atoms with E-state index >= 15 is 0 Å². The molecule has 1 aromatic rings. The third-order valence-corrected chi connectivity index (χ3v) is 5.26. The number of hydrogen-bond acceptors (Lipinski definition) is 2. The molecule has 2 heterocycles. The van der Waals surface area contributed by atoms with E-state index in [0.29, 0.717) is 25.2 Å². The first-order valence-corrected chi connectivity index (χ1v) is 8.49. The number of hydrogen-bond donors (Lipinski definition) is 1. The second kappa shape index (κ2) is 6.88. The number of carboxylic acid groups (broad SMARTS) is 1. The molecule has 1 N–H and O–H groups in total. The highest BCUT2D eigenvalue weighted by molar-refractivity contribution is 6.30. The minimum absolute atomic E-state index is 0.537. The summed E-state index contributed by atoms with van der Waals surface area (Å²) in [5.74, 6) is 0. The Hall–Kier alpha value is -1.26. The number of rotatable bonds is 3. The number of piperidine rings is 1. The van der Waals surface area contributed by atoms with Gasteiger partial charge in [0.25, 0.3) is 0 Å². The lowest BCUT2D eigenvalue weighted by Gasteiger charge is -2.38. The van der Waals surface area contributed by atoms with Crippen LogP contribution in [0.3, 0.4) is 0 Å². The Bertz CT molecular complexity index is 512. The van der Waals surface area contributed by atoms with Crippen molar-refractivity contribution in [2.75, 3.05) is 19.6 Å². The summed E-state index contributed by atoms with van der Waals surface area (Å²) in [5, 5.41) is 9.85. The van der Waals surface area contributed by atoms with Gasteiger partial charge >= 0.3 is 6.09 Å². The molecule has 2 aliphatic rings. The van der Waals surface area contributed by atoms with Gasteiger partial charge in [0.2, 0.25) is 0 Å². The Labute approximate surface area is 136 Å². The predicted molar refractivity (Wildman–Crippen MR) is 87.5 cm³/mol. The van der Waals surface area contributed by atoms with Crippen LogP contribution in [0.15, 0.2) is 24.3 Å². The monoisotopic (exact) mass is 322 g/mol. The second-order valence-corrected chi connectivity index (χ2v) is 6.80. The zero-order chi connectivity index (χ0) is 15.5. The lowest BCUT2D eigenvalue weighted by Crippen LogP contribution is -2.48. The molecule has 0 unspecified atom stereocenters. The first kappa shape index (κ1) is 15.6. The number of nitrogens with zero attached hydrogens (tertiary/aromatic N) is 2. The molecule has 120 valence electrons. The summed E-state index contributed by atoms with van der Waals surface area (Å²) < 4.78 is 0. The maximum Gasteiger partial charge on any atom is 0.407 e. The quantitative estimate of drug-likeness (QED) is 0.926. The van der Waals surface area contributed by atoms with Crippen molar-refractivity contribution in [3.05, 3.63) is 34.9 Å². The first-order valence-electron chi connectivity index (χ1n) is 8.11. The van der Waals surface area contributed by atoms with Crippen molar-refractivity contribution in [1.82, 2.24) is 9.80 Å². The molecule has 1 aromatic carbocycles. The van der Waals surface area contributed by atoms with Gasteiger partial charge in [-0.15, -0.1) is 0 Å². The van der Waals surface area contributed by atoms with Crippen LogP contribution in [0, 0.1) is 0 Å². The molecule has 2 fully saturated rings. The highest BCUT2D eigenvalue weighted by atomic mass is 35.5. The summed E-state index contributed by atoms with van der Waals surface area (Å²) in [7, 11) is 0. The molecule has 0 aliphatic carbocycles. The van der Waals surface area contributed by atoms with E-state index in [9.17, 15) is 4.79 Å². The zero-order valence-electron chi connectivity index (χ0n) is 12.7.